The van der Waals surface area contributed by atoms with Gasteiger partial charge in [0.25, 0.3) is 0 Å². The summed E-state index contributed by atoms with van der Waals surface area (Å²) in [4.78, 5) is 0. The molecule has 1 aliphatic rings. The first kappa shape index (κ1) is 16.9. The molecule has 0 atom stereocenters. The Morgan fingerprint density at radius 3 is 2.42 bits per heavy atom. The maximum absolute atomic E-state index is 12.3. The number of nitrogen functional groups attached to an aromatic ring is 1. The zero-order valence-electron chi connectivity index (χ0n) is 13.0. The van der Waals surface area contributed by atoms with E-state index in [0.717, 1.165) is 5.56 Å². The molecule has 0 saturated carbocycles. The highest BCUT2D eigenvalue weighted by Crippen LogP contribution is 2.46. The molecule has 0 unspecified atom stereocenters. The summed E-state index contributed by atoms with van der Waals surface area (Å²) in [7, 11) is 3.87. The van der Waals surface area contributed by atoms with Crippen LogP contribution in [0.25, 0.3) is 11.1 Å². The van der Waals surface area contributed by atoms with Gasteiger partial charge in [-0.05, 0) is 23.8 Å². The summed E-state index contributed by atoms with van der Waals surface area (Å²) < 4.78 is 46.6. The second-order valence-electron chi connectivity index (χ2n) is 6.25. The Hall–Kier alpha value is -1.95. The van der Waals surface area contributed by atoms with Gasteiger partial charge in [-0.1, -0.05) is 23.7 Å². The smallest absolute Gasteiger partial charge is 0.504 e. The first-order valence-electron chi connectivity index (χ1n) is 7.22. The molecule has 0 fully saturated rings. The van der Waals surface area contributed by atoms with Crippen LogP contribution in [-0.4, -0.2) is 27.5 Å². The van der Waals surface area contributed by atoms with Crippen molar-refractivity contribution in [3.05, 3.63) is 40.9 Å². The summed E-state index contributed by atoms with van der Waals surface area (Å²) in [5, 5.41) is 0.0322. The van der Waals surface area contributed by atoms with E-state index in [4.69, 9.17) is 22.1 Å². The number of hydrogen-bond acceptors (Lipinski definition) is 3. The quantitative estimate of drug-likeness (QED) is 0.666. The summed E-state index contributed by atoms with van der Waals surface area (Å²) in [5.74, 6) is 0.328. The molecule has 9 heteroatoms. The third-order valence-corrected chi connectivity index (χ3v) is 4.16. The third-order valence-electron chi connectivity index (χ3n) is 3.72. The van der Waals surface area contributed by atoms with E-state index in [1.807, 2.05) is 15.7 Å². The molecule has 0 bridgehead atoms. The Balaban J connectivity index is 2.02. The largest absolute Gasteiger partial charge is 0.573 e. The summed E-state index contributed by atoms with van der Waals surface area (Å²) in [5.41, 5.74) is 8.55. The number of nitrogens with two attached hydrogens (primary N) is 1. The van der Waals surface area contributed by atoms with E-state index >= 15 is 0 Å². The van der Waals surface area contributed by atoms with E-state index < -0.39 is 11.8 Å². The van der Waals surface area contributed by atoms with Crippen molar-refractivity contribution in [2.45, 2.75) is 18.2 Å². The van der Waals surface area contributed by atoms with Crippen LogP contribution in [0.15, 0.2) is 30.3 Å². The van der Waals surface area contributed by atoms with Gasteiger partial charge >= 0.3 is 6.36 Å². The highest BCUT2D eigenvalue weighted by Gasteiger charge is 2.35. The lowest BCUT2D eigenvalue weighted by Crippen LogP contribution is -2.35. The molecule has 1 aliphatic heterocycles. The number of ether oxygens (including phenoxy) is 2. The van der Waals surface area contributed by atoms with E-state index in [9.17, 15) is 13.2 Å². The molecule has 124 valence electrons. The van der Waals surface area contributed by atoms with Crippen molar-refractivity contribution in [1.82, 2.24) is 0 Å². The average Bonchev–Trinajstić information content (AvgIpc) is 2.78. The van der Waals surface area contributed by atoms with Crippen molar-refractivity contribution in [1.29, 1.82) is 0 Å². The Morgan fingerprint density at radius 2 is 1.83 bits per heavy atom. The van der Waals surface area contributed by atoms with Crippen LogP contribution in [0.2, 0.25) is 5.02 Å². The number of benzene rings is 2. The zero-order chi connectivity index (χ0) is 17.7. The number of halogens is 4. The minimum absolute atomic E-state index is 0.286. The van der Waals surface area contributed by atoms with Crippen molar-refractivity contribution >= 4 is 33.0 Å². The Kier molecular flexibility index (Phi) is 3.91. The fourth-order valence-electron chi connectivity index (χ4n) is 2.78. The Morgan fingerprint density at radius 1 is 1.21 bits per heavy atom. The van der Waals surface area contributed by atoms with Crippen LogP contribution in [-0.2, 0) is 6.42 Å². The summed E-state index contributed by atoms with van der Waals surface area (Å²) in [6, 6.07) is 7.22. The van der Waals surface area contributed by atoms with E-state index in [-0.39, 0.29) is 5.75 Å². The van der Waals surface area contributed by atoms with Crippen LogP contribution in [0.5, 0.6) is 11.5 Å². The predicted molar refractivity (Wildman–Crippen MR) is 92.1 cm³/mol. The summed E-state index contributed by atoms with van der Waals surface area (Å²) >= 11 is 6.27. The molecule has 2 aromatic carbocycles. The molecule has 2 aromatic rings. The van der Waals surface area contributed by atoms with Gasteiger partial charge in [-0.25, -0.2) is 0 Å². The van der Waals surface area contributed by atoms with E-state index in [0.29, 0.717) is 34.0 Å². The van der Waals surface area contributed by atoms with Gasteiger partial charge in [-0.15, -0.1) is 13.2 Å². The van der Waals surface area contributed by atoms with Crippen molar-refractivity contribution < 1.29 is 22.6 Å². The van der Waals surface area contributed by atoms with Crippen LogP contribution >= 0.6 is 11.6 Å². The molecule has 3 nitrogen and oxygen atoms in total. The minimum atomic E-state index is -4.72. The second-order valence-corrected chi connectivity index (χ2v) is 6.62. The van der Waals surface area contributed by atoms with Crippen LogP contribution in [0.3, 0.4) is 0 Å². The molecule has 0 saturated heterocycles. The van der Waals surface area contributed by atoms with Crippen molar-refractivity contribution in [2.75, 3.05) is 5.73 Å². The highest BCUT2D eigenvalue weighted by atomic mass is 35.5. The zero-order valence-corrected chi connectivity index (χ0v) is 13.8. The summed E-state index contributed by atoms with van der Waals surface area (Å²) in [6.07, 6.45) is -4.12. The molecule has 2 N–H and O–H groups in total. The first-order chi connectivity index (χ1) is 11.1. The van der Waals surface area contributed by atoms with Crippen molar-refractivity contribution in [3.63, 3.8) is 0 Å². The lowest BCUT2D eigenvalue weighted by atomic mass is 9.63. The monoisotopic (exact) mass is 353 g/mol. The van der Waals surface area contributed by atoms with Gasteiger partial charge in [0.2, 0.25) is 0 Å². The van der Waals surface area contributed by atoms with Gasteiger partial charge in [0, 0.05) is 22.9 Å². The normalized spacial score (nSPS) is 15.7. The molecular weight excluding hydrogens is 340 g/mol. The van der Waals surface area contributed by atoms with Gasteiger partial charge in [-0.3, -0.25) is 0 Å². The van der Waals surface area contributed by atoms with E-state index in [1.165, 1.54) is 24.3 Å². The number of hydrogen-bond donors (Lipinski definition) is 1. The van der Waals surface area contributed by atoms with Crippen molar-refractivity contribution in [3.8, 4) is 22.6 Å². The predicted octanol–water partition coefficient (Wildman–Crippen LogP) is 2.34. The lowest BCUT2D eigenvalue weighted by Gasteiger charge is -2.19. The fraction of sp³-hybridized carbons (Fsp3) is 0.200. The molecule has 0 amide bonds. The average molecular weight is 353 g/mol. The number of anilines is 1. The minimum Gasteiger partial charge on any atom is -0.504 e. The van der Waals surface area contributed by atoms with Gasteiger partial charge in [0.1, 0.15) is 27.2 Å². The molecule has 0 aromatic heterocycles. The van der Waals surface area contributed by atoms with Gasteiger partial charge < -0.3 is 15.2 Å². The molecule has 0 aliphatic carbocycles. The highest BCUT2D eigenvalue weighted by molar-refractivity contribution is 6.40. The topological polar surface area (TPSA) is 44.5 Å². The van der Waals surface area contributed by atoms with E-state index in [2.05, 4.69) is 4.74 Å². The maximum atomic E-state index is 12.3. The lowest BCUT2D eigenvalue weighted by molar-refractivity contribution is -0.274. The molecule has 0 spiro atoms. The van der Waals surface area contributed by atoms with Crippen LogP contribution in [0, 0.1) is 0 Å². The molecule has 24 heavy (non-hydrogen) atoms. The van der Waals surface area contributed by atoms with Crippen molar-refractivity contribution in [2.24, 2.45) is 0 Å². The van der Waals surface area contributed by atoms with Gasteiger partial charge in [-0.2, -0.15) is 0 Å². The molecule has 3 rings (SSSR count). The Labute approximate surface area is 143 Å². The van der Waals surface area contributed by atoms with Gasteiger partial charge in [0.05, 0.1) is 10.7 Å². The second kappa shape index (κ2) is 5.55. The first-order valence-corrected chi connectivity index (χ1v) is 7.59. The standard InChI is InChI=1S/C15H13B2ClF3NO2/c16-14(17)6-10-12(18)11(22)5-9(13(10)24-14)7-1-3-8(4-2-7)23-15(19,20)21/h1-5H,6,16-17,22H2. The fourth-order valence-corrected chi connectivity index (χ4v) is 2.99. The summed E-state index contributed by atoms with van der Waals surface area (Å²) in [6.45, 7) is 0. The number of rotatable bonds is 2. The maximum Gasteiger partial charge on any atom is 0.573 e. The Bertz CT molecular complexity index is 795. The molecular formula is C15H13B2ClF3NO2. The van der Waals surface area contributed by atoms with Crippen LogP contribution in [0.1, 0.15) is 5.56 Å². The molecule has 0 radical (unpaired) electrons. The number of fused-ring (bicyclic) bond motifs is 1. The third kappa shape index (κ3) is 3.29. The van der Waals surface area contributed by atoms with Gasteiger partial charge in [0.15, 0.2) is 0 Å². The van der Waals surface area contributed by atoms with E-state index in [1.54, 1.807) is 6.07 Å². The number of alkyl halides is 3. The molecule has 1 heterocycles. The SMILES string of the molecule is BC1(B)Cc2c(Cl)c(N)cc(-c3ccc(OC(F)(F)F)cc3)c2O1. The van der Waals surface area contributed by atoms with Crippen LogP contribution in [0.4, 0.5) is 18.9 Å². The van der Waals surface area contributed by atoms with Crippen LogP contribution < -0.4 is 15.2 Å².